The summed E-state index contributed by atoms with van der Waals surface area (Å²) in [5.74, 6) is 3.20. The molecular formula is C14H24N4O. The number of nitrogens with one attached hydrogen (secondary N) is 1. The van der Waals surface area contributed by atoms with Crippen LogP contribution in [0.2, 0.25) is 0 Å². The van der Waals surface area contributed by atoms with Crippen LogP contribution in [0.25, 0.3) is 0 Å². The van der Waals surface area contributed by atoms with E-state index in [1.807, 2.05) is 11.8 Å². The summed E-state index contributed by atoms with van der Waals surface area (Å²) in [6.07, 6.45) is 3.54. The lowest BCUT2D eigenvalue weighted by Crippen LogP contribution is -2.29. The van der Waals surface area contributed by atoms with Crippen LogP contribution in [0, 0.1) is 18.8 Å². The lowest BCUT2D eigenvalue weighted by atomic mass is 9.97. The van der Waals surface area contributed by atoms with Crippen molar-refractivity contribution in [2.75, 3.05) is 13.1 Å². The van der Waals surface area contributed by atoms with Gasteiger partial charge < -0.3 is 4.90 Å². The van der Waals surface area contributed by atoms with E-state index in [1.54, 1.807) is 0 Å². The Hall–Kier alpha value is -1.39. The molecule has 1 atom stereocenters. The molecule has 1 aliphatic heterocycles. The molecule has 1 unspecified atom stereocenters. The fraction of sp³-hybridized carbons (Fsp3) is 0.786. The molecule has 2 rings (SSSR count). The molecule has 0 spiro atoms. The second kappa shape index (κ2) is 6.17. The van der Waals surface area contributed by atoms with Gasteiger partial charge >= 0.3 is 0 Å². The van der Waals surface area contributed by atoms with Gasteiger partial charge in [-0.1, -0.05) is 13.8 Å². The average molecular weight is 264 g/mol. The minimum absolute atomic E-state index is 0.244. The summed E-state index contributed by atoms with van der Waals surface area (Å²) in [4.78, 5) is 18.3. The number of H-pyrrole nitrogens is 1. The molecule has 106 valence electrons. The number of nitrogens with zero attached hydrogens (tertiary/aromatic N) is 3. The van der Waals surface area contributed by atoms with E-state index in [-0.39, 0.29) is 5.91 Å². The van der Waals surface area contributed by atoms with E-state index in [0.717, 1.165) is 37.1 Å². The Kier molecular flexibility index (Phi) is 4.56. The number of aryl methyl sites for hydroxylation is 2. The molecule has 0 aliphatic carbocycles. The van der Waals surface area contributed by atoms with E-state index in [0.29, 0.717) is 18.8 Å². The Morgan fingerprint density at radius 1 is 1.53 bits per heavy atom. The van der Waals surface area contributed by atoms with Crippen LogP contribution in [0.3, 0.4) is 0 Å². The van der Waals surface area contributed by atoms with Gasteiger partial charge in [0.1, 0.15) is 5.82 Å². The van der Waals surface area contributed by atoms with Gasteiger partial charge in [0.2, 0.25) is 5.91 Å². The first-order valence-corrected chi connectivity index (χ1v) is 7.20. The molecule has 1 aromatic heterocycles. The summed E-state index contributed by atoms with van der Waals surface area (Å²) >= 11 is 0. The van der Waals surface area contributed by atoms with Crippen molar-refractivity contribution in [1.29, 1.82) is 0 Å². The molecule has 1 amide bonds. The van der Waals surface area contributed by atoms with Crippen LogP contribution in [0.1, 0.15) is 44.8 Å². The molecule has 1 fully saturated rings. The molecule has 1 aromatic rings. The third-order valence-corrected chi connectivity index (χ3v) is 3.65. The Labute approximate surface area is 114 Å². The molecule has 2 heterocycles. The number of hydrogen-bond donors (Lipinski definition) is 1. The maximum atomic E-state index is 12.1. The van der Waals surface area contributed by atoms with E-state index in [1.165, 1.54) is 6.42 Å². The van der Waals surface area contributed by atoms with Crippen molar-refractivity contribution < 1.29 is 4.79 Å². The molecule has 5 nitrogen and oxygen atoms in total. The fourth-order valence-corrected chi connectivity index (χ4v) is 2.80. The third kappa shape index (κ3) is 4.04. The van der Waals surface area contributed by atoms with Gasteiger partial charge in [-0.3, -0.25) is 9.89 Å². The van der Waals surface area contributed by atoms with Crippen LogP contribution in [-0.4, -0.2) is 39.1 Å². The SMILES string of the molecule is Cc1nc(CCC(=O)N2CCC(CC(C)C)C2)n[nH]1. The largest absolute Gasteiger partial charge is 0.342 e. The molecule has 1 saturated heterocycles. The lowest BCUT2D eigenvalue weighted by molar-refractivity contribution is -0.130. The summed E-state index contributed by atoms with van der Waals surface area (Å²) < 4.78 is 0. The predicted octanol–water partition coefficient (Wildman–Crippen LogP) is 1.94. The summed E-state index contributed by atoms with van der Waals surface area (Å²) in [7, 11) is 0. The van der Waals surface area contributed by atoms with Crippen LogP contribution in [0.15, 0.2) is 0 Å². The number of aromatic nitrogens is 3. The normalized spacial score (nSPS) is 19.4. The molecule has 0 aromatic carbocycles. The minimum atomic E-state index is 0.244. The van der Waals surface area contributed by atoms with Crippen molar-refractivity contribution in [2.45, 2.75) is 46.5 Å². The summed E-state index contributed by atoms with van der Waals surface area (Å²) in [5.41, 5.74) is 0. The van der Waals surface area contributed by atoms with E-state index < -0.39 is 0 Å². The Balaban J connectivity index is 1.75. The van der Waals surface area contributed by atoms with Gasteiger partial charge in [-0.05, 0) is 31.6 Å². The highest BCUT2D eigenvalue weighted by atomic mass is 16.2. The number of carbonyl (C=O) groups is 1. The third-order valence-electron chi connectivity index (χ3n) is 3.65. The van der Waals surface area contributed by atoms with E-state index in [9.17, 15) is 4.79 Å². The van der Waals surface area contributed by atoms with Crippen LogP contribution in [0.4, 0.5) is 0 Å². The average Bonchev–Trinajstić information content (AvgIpc) is 2.95. The molecule has 1 N–H and O–H groups in total. The fourth-order valence-electron chi connectivity index (χ4n) is 2.80. The quantitative estimate of drug-likeness (QED) is 0.884. The molecule has 5 heteroatoms. The predicted molar refractivity (Wildman–Crippen MR) is 73.6 cm³/mol. The standard InChI is InChI=1S/C14H24N4O/c1-10(2)8-12-6-7-18(9-12)14(19)5-4-13-15-11(3)16-17-13/h10,12H,4-9H2,1-3H3,(H,15,16,17). The van der Waals surface area contributed by atoms with Crippen LogP contribution in [0.5, 0.6) is 0 Å². The molecule has 0 saturated carbocycles. The smallest absolute Gasteiger partial charge is 0.223 e. The van der Waals surface area contributed by atoms with Gasteiger partial charge in [0.25, 0.3) is 0 Å². The topological polar surface area (TPSA) is 61.9 Å². The second-order valence-electron chi connectivity index (χ2n) is 5.96. The molecule has 1 aliphatic rings. The van der Waals surface area contributed by atoms with Gasteiger partial charge in [-0.2, -0.15) is 5.10 Å². The highest BCUT2D eigenvalue weighted by molar-refractivity contribution is 5.76. The number of rotatable bonds is 5. The molecule has 0 bridgehead atoms. The molecule has 19 heavy (non-hydrogen) atoms. The Bertz CT molecular complexity index is 427. The van der Waals surface area contributed by atoms with Crippen LogP contribution in [-0.2, 0) is 11.2 Å². The first-order chi connectivity index (χ1) is 9.04. The summed E-state index contributed by atoms with van der Waals surface area (Å²) in [6.45, 7) is 8.22. The second-order valence-corrected chi connectivity index (χ2v) is 5.96. The Morgan fingerprint density at radius 3 is 2.95 bits per heavy atom. The number of aromatic amines is 1. The summed E-state index contributed by atoms with van der Waals surface area (Å²) in [5, 5.41) is 6.87. The monoisotopic (exact) mass is 264 g/mol. The van der Waals surface area contributed by atoms with E-state index >= 15 is 0 Å². The first kappa shape index (κ1) is 14.0. The van der Waals surface area contributed by atoms with Crippen LogP contribution < -0.4 is 0 Å². The van der Waals surface area contributed by atoms with Gasteiger partial charge in [0.05, 0.1) is 0 Å². The van der Waals surface area contributed by atoms with Crippen molar-refractivity contribution in [3.05, 3.63) is 11.6 Å². The summed E-state index contributed by atoms with van der Waals surface area (Å²) in [6, 6.07) is 0. The maximum Gasteiger partial charge on any atom is 0.223 e. The van der Waals surface area contributed by atoms with Gasteiger partial charge in [0.15, 0.2) is 5.82 Å². The number of amides is 1. The maximum absolute atomic E-state index is 12.1. The molecule has 0 radical (unpaired) electrons. The van der Waals surface area contributed by atoms with E-state index in [4.69, 9.17) is 0 Å². The van der Waals surface area contributed by atoms with Crippen molar-refractivity contribution >= 4 is 5.91 Å². The number of hydrogen-bond acceptors (Lipinski definition) is 3. The molecular weight excluding hydrogens is 240 g/mol. The van der Waals surface area contributed by atoms with E-state index in [2.05, 4.69) is 29.0 Å². The zero-order chi connectivity index (χ0) is 13.8. The highest BCUT2D eigenvalue weighted by Crippen LogP contribution is 2.23. The van der Waals surface area contributed by atoms with Crippen molar-refractivity contribution in [3.8, 4) is 0 Å². The van der Waals surface area contributed by atoms with Gasteiger partial charge in [-0.15, -0.1) is 0 Å². The highest BCUT2D eigenvalue weighted by Gasteiger charge is 2.26. The van der Waals surface area contributed by atoms with Crippen molar-refractivity contribution in [1.82, 2.24) is 20.1 Å². The van der Waals surface area contributed by atoms with Crippen molar-refractivity contribution in [2.24, 2.45) is 11.8 Å². The van der Waals surface area contributed by atoms with Gasteiger partial charge in [0, 0.05) is 25.9 Å². The lowest BCUT2D eigenvalue weighted by Gasteiger charge is -2.17. The number of likely N-dealkylation sites (tertiary alicyclic amines) is 1. The zero-order valence-electron chi connectivity index (χ0n) is 12.1. The van der Waals surface area contributed by atoms with Gasteiger partial charge in [-0.25, -0.2) is 4.98 Å². The Morgan fingerprint density at radius 2 is 2.32 bits per heavy atom. The van der Waals surface area contributed by atoms with Crippen molar-refractivity contribution in [3.63, 3.8) is 0 Å². The van der Waals surface area contributed by atoms with Crippen LogP contribution >= 0.6 is 0 Å². The first-order valence-electron chi connectivity index (χ1n) is 7.20. The number of carbonyl (C=O) groups excluding carboxylic acids is 1. The minimum Gasteiger partial charge on any atom is -0.342 e. The zero-order valence-corrected chi connectivity index (χ0v) is 12.1.